The van der Waals surface area contributed by atoms with E-state index in [-0.39, 0.29) is 0 Å². The van der Waals surface area contributed by atoms with Crippen molar-refractivity contribution in [1.82, 2.24) is 0 Å². The van der Waals surface area contributed by atoms with Gasteiger partial charge in [0, 0.05) is 13.8 Å². The lowest BCUT2D eigenvalue weighted by Crippen LogP contribution is -1.97. The second-order valence-electron chi connectivity index (χ2n) is 2.86. The number of benzene rings is 1. The van der Waals surface area contributed by atoms with Gasteiger partial charge in [-0.25, -0.2) is 0 Å². The zero-order valence-electron chi connectivity index (χ0n) is 7.64. The van der Waals surface area contributed by atoms with Crippen LogP contribution in [-0.4, -0.2) is 16.8 Å². The van der Waals surface area contributed by atoms with Crippen LogP contribution in [-0.2, 0) is 0 Å². The fourth-order valence-corrected chi connectivity index (χ4v) is 1.45. The van der Waals surface area contributed by atoms with E-state index in [1.54, 1.807) is 0 Å². The molecule has 13 heavy (non-hydrogen) atoms. The van der Waals surface area contributed by atoms with Crippen molar-refractivity contribution in [3.63, 3.8) is 0 Å². The van der Waals surface area contributed by atoms with E-state index >= 15 is 0 Å². The average molecular weight is 303 g/mol. The molecular formula is C10H12IOSi. The van der Waals surface area contributed by atoms with Gasteiger partial charge < -0.3 is 4.74 Å². The van der Waals surface area contributed by atoms with Crippen molar-refractivity contribution in [3.8, 4) is 5.75 Å². The second-order valence-corrected chi connectivity index (χ2v) is 4.53. The molecule has 3 heteroatoms. The van der Waals surface area contributed by atoms with E-state index in [4.69, 9.17) is 4.74 Å². The van der Waals surface area contributed by atoms with Gasteiger partial charge in [-0.1, -0.05) is 6.04 Å². The monoisotopic (exact) mass is 303 g/mol. The SMILES string of the molecule is Cc1cc(OCCC[Si])ccc1I. The summed E-state index contributed by atoms with van der Waals surface area (Å²) in [6.45, 7) is 2.88. The van der Waals surface area contributed by atoms with Crippen LogP contribution in [0.15, 0.2) is 18.2 Å². The van der Waals surface area contributed by atoms with E-state index < -0.39 is 0 Å². The minimum atomic E-state index is 0.781. The summed E-state index contributed by atoms with van der Waals surface area (Å²) >= 11 is 2.32. The van der Waals surface area contributed by atoms with Crippen molar-refractivity contribution < 1.29 is 4.74 Å². The molecule has 3 radical (unpaired) electrons. The number of hydrogen-bond acceptors (Lipinski definition) is 1. The third-order valence-electron chi connectivity index (χ3n) is 1.72. The van der Waals surface area contributed by atoms with Gasteiger partial charge in [0.1, 0.15) is 5.75 Å². The first kappa shape index (κ1) is 11.0. The highest BCUT2D eigenvalue weighted by Gasteiger charge is 1.97. The van der Waals surface area contributed by atoms with Gasteiger partial charge in [-0.2, -0.15) is 0 Å². The number of rotatable bonds is 4. The Bertz CT molecular complexity index is 276. The van der Waals surface area contributed by atoms with Crippen LogP contribution in [0.25, 0.3) is 0 Å². The molecule has 0 amide bonds. The molecule has 1 aromatic carbocycles. The highest BCUT2D eigenvalue weighted by Crippen LogP contribution is 2.18. The molecule has 0 aliphatic carbocycles. The number of aryl methyl sites for hydroxylation is 1. The third kappa shape index (κ3) is 3.68. The molecule has 0 saturated heterocycles. The summed E-state index contributed by atoms with van der Waals surface area (Å²) in [4.78, 5) is 0. The van der Waals surface area contributed by atoms with Crippen LogP contribution in [0.2, 0.25) is 6.04 Å². The Morgan fingerprint density at radius 2 is 2.23 bits per heavy atom. The van der Waals surface area contributed by atoms with E-state index in [9.17, 15) is 0 Å². The van der Waals surface area contributed by atoms with E-state index in [0.29, 0.717) is 0 Å². The lowest BCUT2D eigenvalue weighted by molar-refractivity contribution is 0.317. The molecule has 0 aliphatic rings. The zero-order valence-corrected chi connectivity index (χ0v) is 10.8. The Morgan fingerprint density at radius 3 is 2.85 bits per heavy atom. The average Bonchev–Trinajstić information content (AvgIpc) is 2.12. The van der Waals surface area contributed by atoms with E-state index in [1.807, 2.05) is 6.07 Å². The van der Waals surface area contributed by atoms with Crippen LogP contribution in [0.5, 0.6) is 5.75 Å². The molecule has 69 valence electrons. The molecule has 0 N–H and O–H groups in total. The summed E-state index contributed by atoms with van der Waals surface area (Å²) < 4.78 is 6.83. The smallest absolute Gasteiger partial charge is 0.119 e. The van der Waals surface area contributed by atoms with Crippen molar-refractivity contribution in [2.24, 2.45) is 0 Å². The van der Waals surface area contributed by atoms with Crippen molar-refractivity contribution in [2.45, 2.75) is 19.4 Å². The molecule has 0 bridgehead atoms. The van der Waals surface area contributed by atoms with Gasteiger partial charge in [-0.15, -0.1) is 0 Å². The number of hydrogen-bond donors (Lipinski definition) is 0. The summed E-state index contributed by atoms with van der Waals surface area (Å²) in [6.07, 6.45) is 1.04. The summed E-state index contributed by atoms with van der Waals surface area (Å²) in [5, 5.41) is 0. The van der Waals surface area contributed by atoms with Gasteiger partial charge in [0.25, 0.3) is 0 Å². The summed E-state index contributed by atoms with van der Waals surface area (Å²) in [6, 6.07) is 7.17. The highest BCUT2D eigenvalue weighted by molar-refractivity contribution is 14.1. The van der Waals surface area contributed by atoms with Gasteiger partial charge in [0.05, 0.1) is 6.61 Å². The van der Waals surface area contributed by atoms with Crippen LogP contribution in [0.3, 0.4) is 0 Å². The molecule has 0 aliphatic heterocycles. The van der Waals surface area contributed by atoms with Crippen molar-refractivity contribution in [3.05, 3.63) is 27.3 Å². The molecule has 0 heterocycles. The minimum absolute atomic E-state index is 0.781. The van der Waals surface area contributed by atoms with E-state index in [1.165, 1.54) is 9.13 Å². The first-order valence-corrected chi connectivity index (χ1v) is 6.06. The van der Waals surface area contributed by atoms with Crippen LogP contribution in [0, 0.1) is 10.5 Å². The van der Waals surface area contributed by atoms with Crippen LogP contribution >= 0.6 is 22.6 Å². The Balaban J connectivity index is 2.53. The van der Waals surface area contributed by atoms with E-state index in [2.05, 4.69) is 51.9 Å². The van der Waals surface area contributed by atoms with Gasteiger partial charge in [-0.3, -0.25) is 0 Å². The maximum atomic E-state index is 5.55. The van der Waals surface area contributed by atoms with Crippen LogP contribution < -0.4 is 4.74 Å². The van der Waals surface area contributed by atoms with Crippen LogP contribution in [0.1, 0.15) is 12.0 Å². The zero-order chi connectivity index (χ0) is 9.68. The van der Waals surface area contributed by atoms with Crippen LogP contribution in [0.4, 0.5) is 0 Å². The molecule has 0 fully saturated rings. The molecule has 0 saturated carbocycles. The lowest BCUT2D eigenvalue weighted by Gasteiger charge is -2.06. The Morgan fingerprint density at radius 1 is 1.46 bits per heavy atom. The van der Waals surface area contributed by atoms with Crippen molar-refractivity contribution in [2.75, 3.05) is 6.61 Å². The fourth-order valence-electron chi connectivity index (χ4n) is 0.969. The number of halogens is 1. The summed E-state index contributed by atoms with van der Waals surface area (Å²) in [5.74, 6) is 0.970. The Kier molecular flexibility index (Phi) is 4.80. The quantitative estimate of drug-likeness (QED) is 0.472. The van der Waals surface area contributed by atoms with Gasteiger partial charge in [0.2, 0.25) is 0 Å². The highest BCUT2D eigenvalue weighted by atomic mass is 127. The first-order valence-electron chi connectivity index (χ1n) is 4.27. The summed E-state index contributed by atoms with van der Waals surface area (Å²) in [7, 11) is 3.41. The maximum Gasteiger partial charge on any atom is 0.119 e. The van der Waals surface area contributed by atoms with Gasteiger partial charge in [0.15, 0.2) is 0 Å². The van der Waals surface area contributed by atoms with E-state index in [0.717, 1.165) is 24.8 Å². The molecule has 1 rings (SSSR count). The van der Waals surface area contributed by atoms with Crippen molar-refractivity contribution >= 4 is 32.8 Å². The molecule has 0 spiro atoms. The Hall–Kier alpha value is -0.0331. The maximum absolute atomic E-state index is 5.55. The molecule has 1 nitrogen and oxygen atoms in total. The van der Waals surface area contributed by atoms with Gasteiger partial charge >= 0.3 is 0 Å². The topological polar surface area (TPSA) is 9.23 Å². The predicted molar refractivity (Wildman–Crippen MR) is 64.6 cm³/mol. The normalized spacial score (nSPS) is 10.1. The second kappa shape index (κ2) is 5.65. The van der Waals surface area contributed by atoms with Crippen molar-refractivity contribution in [1.29, 1.82) is 0 Å². The largest absolute Gasteiger partial charge is 0.494 e. The Labute approximate surface area is 96.4 Å². The third-order valence-corrected chi connectivity index (χ3v) is 3.28. The molecule has 1 aromatic rings. The molecule has 0 aromatic heterocycles. The predicted octanol–water partition coefficient (Wildman–Crippen LogP) is 2.96. The molecule has 0 atom stereocenters. The fraction of sp³-hybridized carbons (Fsp3) is 0.400. The lowest BCUT2D eigenvalue weighted by atomic mass is 10.2. The minimum Gasteiger partial charge on any atom is -0.494 e. The molecule has 0 unspecified atom stereocenters. The number of ether oxygens (including phenoxy) is 1. The van der Waals surface area contributed by atoms with Gasteiger partial charge in [-0.05, 0) is 59.7 Å². The standard InChI is InChI=1S/C10H12IOSi/c1-8-7-9(3-4-10(8)11)12-5-2-6-13/h3-4,7H,2,5-6H2,1H3. The summed E-state index contributed by atoms with van der Waals surface area (Å²) in [5.41, 5.74) is 1.27. The first-order chi connectivity index (χ1) is 6.24. The molecular weight excluding hydrogens is 291 g/mol.